The maximum Gasteiger partial charge on any atom is 0.160 e. The van der Waals surface area contributed by atoms with Crippen molar-refractivity contribution < 1.29 is 4.74 Å². The zero-order valence-corrected chi connectivity index (χ0v) is 13.1. The van der Waals surface area contributed by atoms with Crippen LogP contribution < -0.4 is 4.74 Å². The third-order valence-corrected chi connectivity index (χ3v) is 3.74. The quantitative estimate of drug-likeness (QED) is 0.672. The van der Waals surface area contributed by atoms with Gasteiger partial charge < -0.3 is 4.74 Å². The van der Waals surface area contributed by atoms with E-state index in [1.165, 1.54) is 0 Å². The predicted octanol–water partition coefficient (Wildman–Crippen LogP) is 5.03. The summed E-state index contributed by atoms with van der Waals surface area (Å²) in [5, 5.41) is 1.07. The molecule has 0 N–H and O–H groups in total. The van der Waals surface area contributed by atoms with E-state index in [1.54, 1.807) is 24.5 Å². The first kappa shape index (κ1) is 14.8. The lowest BCUT2D eigenvalue weighted by molar-refractivity contribution is 0.306. The van der Waals surface area contributed by atoms with Crippen molar-refractivity contribution in [2.45, 2.75) is 6.61 Å². The molecule has 5 heteroatoms. The standard InChI is InChI=1S/C17H12Cl2N2O/c18-15-10-16(19)14(17-20-7-4-8-21-17)9-12(15)11-22-13-5-2-1-3-6-13/h1-10H,11H2. The number of aromatic nitrogens is 2. The van der Waals surface area contributed by atoms with E-state index in [1.807, 2.05) is 36.4 Å². The lowest BCUT2D eigenvalue weighted by atomic mass is 10.1. The number of nitrogens with zero attached hydrogens (tertiary/aromatic N) is 2. The second-order valence-electron chi connectivity index (χ2n) is 4.60. The Bertz CT molecular complexity index is 764. The van der Waals surface area contributed by atoms with Crippen LogP contribution in [0.25, 0.3) is 11.4 Å². The number of para-hydroxylation sites is 1. The van der Waals surface area contributed by atoms with Crippen LogP contribution in [0.4, 0.5) is 0 Å². The molecule has 3 rings (SSSR count). The summed E-state index contributed by atoms with van der Waals surface area (Å²) >= 11 is 12.5. The van der Waals surface area contributed by atoms with Gasteiger partial charge in [0.2, 0.25) is 0 Å². The molecule has 22 heavy (non-hydrogen) atoms. The number of rotatable bonds is 4. The molecule has 0 atom stereocenters. The molecule has 0 aliphatic carbocycles. The molecule has 3 aromatic rings. The molecule has 0 bridgehead atoms. The normalized spacial score (nSPS) is 10.5. The zero-order chi connectivity index (χ0) is 15.4. The van der Waals surface area contributed by atoms with Crippen LogP contribution in [0.3, 0.4) is 0 Å². The summed E-state index contributed by atoms with van der Waals surface area (Å²) in [5.41, 5.74) is 1.57. The van der Waals surface area contributed by atoms with E-state index in [4.69, 9.17) is 27.9 Å². The van der Waals surface area contributed by atoms with Gasteiger partial charge in [-0.3, -0.25) is 0 Å². The summed E-state index contributed by atoms with van der Waals surface area (Å²) in [5.74, 6) is 1.34. The maximum absolute atomic E-state index is 6.25. The van der Waals surface area contributed by atoms with Gasteiger partial charge in [-0.2, -0.15) is 0 Å². The van der Waals surface area contributed by atoms with Gasteiger partial charge in [0.15, 0.2) is 5.82 Å². The Morgan fingerprint density at radius 1 is 0.864 bits per heavy atom. The van der Waals surface area contributed by atoms with Gasteiger partial charge in [-0.05, 0) is 30.3 Å². The number of benzene rings is 2. The lowest BCUT2D eigenvalue weighted by Crippen LogP contribution is -1.98. The molecule has 0 amide bonds. The number of halogens is 2. The summed E-state index contributed by atoms with van der Waals surface area (Å²) in [6, 6.07) is 14.9. The first-order valence-electron chi connectivity index (χ1n) is 6.67. The van der Waals surface area contributed by atoms with Crippen molar-refractivity contribution in [2.24, 2.45) is 0 Å². The number of hydrogen-bond donors (Lipinski definition) is 0. The van der Waals surface area contributed by atoms with E-state index < -0.39 is 0 Å². The van der Waals surface area contributed by atoms with Gasteiger partial charge >= 0.3 is 0 Å². The SMILES string of the molecule is Clc1cc(Cl)c(-c2ncccn2)cc1COc1ccccc1. The molecule has 0 fully saturated rings. The van der Waals surface area contributed by atoms with Crippen LogP contribution in [-0.2, 0) is 6.61 Å². The Morgan fingerprint density at radius 2 is 1.59 bits per heavy atom. The minimum atomic E-state index is 0.347. The third kappa shape index (κ3) is 3.38. The summed E-state index contributed by atoms with van der Waals surface area (Å²) in [6.45, 7) is 0.347. The maximum atomic E-state index is 6.25. The molecule has 1 heterocycles. The van der Waals surface area contributed by atoms with E-state index in [2.05, 4.69) is 9.97 Å². The van der Waals surface area contributed by atoms with Gasteiger partial charge in [0.1, 0.15) is 12.4 Å². The molecule has 0 aliphatic rings. The lowest BCUT2D eigenvalue weighted by Gasteiger charge is -2.11. The van der Waals surface area contributed by atoms with Crippen molar-refractivity contribution in [3.05, 3.63) is 76.5 Å². The van der Waals surface area contributed by atoms with Gasteiger partial charge in [-0.1, -0.05) is 41.4 Å². The van der Waals surface area contributed by atoms with E-state index in [9.17, 15) is 0 Å². The Morgan fingerprint density at radius 3 is 2.32 bits per heavy atom. The Hall–Kier alpha value is -2.10. The summed E-state index contributed by atoms with van der Waals surface area (Å²) in [6.07, 6.45) is 3.35. The Balaban J connectivity index is 1.88. The van der Waals surface area contributed by atoms with Crippen LogP contribution in [0, 0.1) is 0 Å². The number of ether oxygens (including phenoxy) is 1. The predicted molar refractivity (Wildman–Crippen MR) is 88.3 cm³/mol. The van der Waals surface area contributed by atoms with Gasteiger partial charge in [0.25, 0.3) is 0 Å². The van der Waals surface area contributed by atoms with Crippen LogP contribution >= 0.6 is 23.2 Å². The average molecular weight is 331 g/mol. The Kier molecular flexibility index (Phi) is 4.56. The third-order valence-electron chi connectivity index (χ3n) is 3.08. The highest BCUT2D eigenvalue weighted by Crippen LogP contribution is 2.31. The van der Waals surface area contributed by atoms with Crippen LogP contribution in [0.1, 0.15) is 5.56 Å². The highest BCUT2D eigenvalue weighted by Gasteiger charge is 2.11. The molecule has 0 unspecified atom stereocenters. The monoisotopic (exact) mass is 330 g/mol. The molecule has 0 spiro atoms. The molecular weight excluding hydrogens is 319 g/mol. The van der Waals surface area contributed by atoms with Crippen molar-refractivity contribution >= 4 is 23.2 Å². The molecule has 0 radical (unpaired) electrons. The fourth-order valence-corrected chi connectivity index (χ4v) is 2.51. The van der Waals surface area contributed by atoms with Gasteiger partial charge in [0.05, 0.1) is 5.02 Å². The van der Waals surface area contributed by atoms with Crippen LogP contribution in [-0.4, -0.2) is 9.97 Å². The van der Waals surface area contributed by atoms with Gasteiger partial charge in [-0.15, -0.1) is 0 Å². The Labute approximate surface area is 138 Å². The fraction of sp³-hybridized carbons (Fsp3) is 0.0588. The highest BCUT2D eigenvalue weighted by atomic mass is 35.5. The van der Waals surface area contributed by atoms with E-state index >= 15 is 0 Å². The first-order chi connectivity index (χ1) is 10.7. The zero-order valence-electron chi connectivity index (χ0n) is 11.5. The van der Waals surface area contributed by atoms with Crippen LogP contribution in [0.15, 0.2) is 60.9 Å². The highest BCUT2D eigenvalue weighted by molar-refractivity contribution is 6.36. The van der Waals surface area contributed by atoms with E-state index in [0.717, 1.165) is 16.9 Å². The van der Waals surface area contributed by atoms with Crippen molar-refractivity contribution in [1.29, 1.82) is 0 Å². The summed E-state index contributed by atoms with van der Waals surface area (Å²) in [4.78, 5) is 8.44. The fourth-order valence-electron chi connectivity index (χ4n) is 1.99. The van der Waals surface area contributed by atoms with Crippen molar-refractivity contribution in [3.63, 3.8) is 0 Å². The largest absolute Gasteiger partial charge is 0.489 e. The molecule has 3 nitrogen and oxygen atoms in total. The van der Waals surface area contributed by atoms with Gasteiger partial charge in [-0.25, -0.2) is 9.97 Å². The second-order valence-corrected chi connectivity index (χ2v) is 5.41. The van der Waals surface area contributed by atoms with Gasteiger partial charge in [0, 0.05) is 28.5 Å². The minimum absolute atomic E-state index is 0.347. The minimum Gasteiger partial charge on any atom is -0.489 e. The smallest absolute Gasteiger partial charge is 0.160 e. The topological polar surface area (TPSA) is 35.0 Å². The summed E-state index contributed by atoms with van der Waals surface area (Å²) < 4.78 is 5.74. The van der Waals surface area contributed by atoms with Crippen molar-refractivity contribution in [2.75, 3.05) is 0 Å². The van der Waals surface area contributed by atoms with Crippen molar-refractivity contribution in [3.8, 4) is 17.1 Å². The first-order valence-corrected chi connectivity index (χ1v) is 7.43. The van der Waals surface area contributed by atoms with Crippen LogP contribution in [0.2, 0.25) is 10.0 Å². The molecule has 0 aliphatic heterocycles. The van der Waals surface area contributed by atoms with Crippen molar-refractivity contribution in [1.82, 2.24) is 9.97 Å². The average Bonchev–Trinajstić information content (AvgIpc) is 2.56. The number of hydrogen-bond acceptors (Lipinski definition) is 3. The molecule has 2 aromatic carbocycles. The summed E-state index contributed by atoms with van der Waals surface area (Å²) in [7, 11) is 0. The molecule has 110 valence electrons. The van der Waals surface area contributed by atoms with E-state index in [0.29, 0.717) is 22.5 Å². The molecule has 1 aromatic heterocycles. The molecule has 0 saturated carbocycles. The molecule has 0 saturated heterocycles. The van der Waals surface area contributed by atoms with E-state index in [-0.39, 0.29) is 0 Å². The molecular formula is C17H12Cl2N2O. The second kappa shape index (κ2) is 6.77. The van der Waals surface area contributed by atoms with Crippen LogP contribution in [0.5, 0.6) is 5.75 Å².